The molecule has 0 bridgehead atoms. The van der Waals surface area contributed by atoms with Crippen molar-refractivity contribution in [3.05, 3.63) is 35.4 Å². The molecule has 1 aromatic carbocycles. The number of carbonyl (C=O) groups is 1. The third-order valence-corrected chi connectivity index (χ3v) is 2.31. The van der Waals surface area contributed by atoms with Crippen molar-refractivity contribution < 1.29 is 4.79 Å². The molecule has 0 saturated carbocycles. The molecule has 2 N–H and O–H groups in total. The average Bonchev–Trinajstić information content (AvgIpc) is 2.20. The van der Waals surface area contributed by atoms with E-state index in [4.69, 9.17) is 5.73 Å². The first-order chi connectivity index (χ1) is 7.00. The third-order valence-electron chi connectivity index (χ3n) is 2.31. The van der Waals surface area contributed by atoms with Gasteiger partial charge in [0.25, 0.3) is 0 Å². The van der Waals surface area contributed by atoms with E-state index in [-0.39, 0.29) is 18.3 Å². The molecule has 0 aliphatic rings. The number of halogens is 1. The van der Waals surface area contributed by atoms with E-state index >= 15 is 0 Å². The van der Waals surface area contributed by atoms with Gasteiger partial charge in [-0.05, 0) is 19.4 Å². The number of benzene rings is 1. The summed E-state index contributed by atoms with van der Waals surface area (Å²) in [6.07, 6.45) is 0. The second-order valence-corrected chi connectivity index (χ2v) is 3.97. The van der Waals surface area contributed by atoms with Crippen LogP contribution in [0, 0.1) is 6.92 Å². The topological polar surface area (TPSA) is 46.3 Å². The van der Waals surface area contributed by atoms with Gasteiger partial charge in [-0.2, -0.15) is 0 Å². The summed E-state index contributed by atoms with van der Waals surface area (Å²) >= 11 is 0. The fourth-order valence-electron chi connectivity index (χ4n) is 1.39. The summed E-state index contributed by atoms with van der Waals surface area (Å²) in [6.45, 7) is 4.36. The number of nitrogens with zero attached hydrogens (tertiary/aromatic N) is 1. The summed E-state index contributed by atoms with van der Waals surface area (Å²) in [4.78, 5) is 13.2. The number of hydrogen-bond donors (Lipinski definition) is 1. The van der Waals surface area contributed by atoms with Crippen LogP contribution in [0.4, 0.5) is 0 Å². The standard InChI is InChI=1S/C12H18N2O.ClH/c1-9-4-6-11(7-5-9)8-14(3)12(15)10(2)13;/h4-7,10H,8,13H2,1-3H3;1H/t10-;/m1./s1. The fourth-order valence-corrected chi connectivity index (χ4v) is 1.39. The van der Waals surface area contributed by atoms with Crippen molar-refractivity contribution in [3.63, 3.8) is 0 Å². The summed E-state index contributed by atoms with van der Waals surface area (Å²) in [5, 5.41) is 0. The second kappa shape index (κ2) is 6.51. The normalized spacial score (nSPS) is 11.5. The Morgan fingerprint density at radius 3 is 2.31 bits per heavy atom. The maximum atomic E-state index is 11.5. The van der Waals surface area contributed by atoms with Crippen LogP contribution >= 0.6 is 12.4 Å². The van der Waals surface area contributed by atoms with Crippen LogP contribution in [-0.4, -0.2) is 23.9 Å². The van der Waals surface area contributed by atoms with Crippen LogP contribution in [0.5, 0.6) is 0 Å². The van der Waals surface area contributed by atoms with Crippen LogP contribution in [0.15, 0.2) is 24.3 Å². The Morgan fingerprint density at radius 2 is 1.88 bits per heavy atom. The van der Waals surface area contributed by atoms with Gasteiger partial charge in [-0.1, -0.05) is 29.8 Å². The molecule has 16 heavy (non-hydrogen) atoms. The fraction of sp³-hybridized carbons (Fsp3) is 0.417. The van der Waals surface area contributed by atoms with Crippen LogP contribution in [0.1, 0.15) is 18.1 Å². The molecule has 0 heterocycles. The highest BCUT2D eigenvalue weighted by atomic mass is 35.5. The van der Waals surface area contributed by atoms with E-state index in [2.05, 4.69) is 0 Å². The lowest BCUT2D eigenvalue weighted by Crippen LogP contribution is -2.39. The van der Waals surface area contributed by atoms with Gasteiger partial charge in [0.1, 0.15) is 0 Å². The zero-order valence-corrected chi connectivity index (χ0v) is 10.8. The Labute approximate surface area is 103 Å². The molecule has 4 heteroatoms. The molecule has 0 saturated heterocycles. The maximum Gasteiger partial charge on any atom is 0.239 e. The molecule has 0 aliphatic heterocycles. The molecule has 1 amide bonds. The molecular weight excluding hydrogens is 224 g/mol. The number of aryl methyl sites for hydroxylation is 1. The molecule has 0 radical (unpaired) electrons. The SMILES string of the molecule is Cc1ccc(CN(C)C(=O)[C@@H](C)N)cc1.Cl. The first-order valence-corrected chi connectivity index (χ1v) is 5.07. The van der Waals surface area contributed by atoms with E-state index in [0.717, 1.165) is 5.56 Å². The summed E-state index contributed by atoms with van der Waals surface area (Å²) in [7, 11) is 1.77. The molecule has 0 spiro atoms. The highest BCUT2D eigenvalue weighted by molar-refractivity contribution is 5.85. The van der Waals surface area contributed by atoms with Gasteiger partial charge >= 0.3 is 0 Å². The summed E-state index contributed by atoms with van der Waals surface area (Å²) in [5.74, 6) is -0.0319. The Balaban J connectivity index is 0.00000225. The number of nitrogens with two attached hydrogens (primary N) is 1. The Bertz CT molecular complexity index is 335. The Kier molecular flexibility index (Phi) is 6.08. The Hall–Kier alpha value is -1.06. The molecule has 1 aromatic rings. The number of rotatable bonds is 3. The zero-order chi connectivity index (χ0) is 11.4. The minimum absolute atomic E-state index is 0. The van der Waals surface area contributed by atoms with E-state index in [0.29, 0.717) is 6.54 Å². The quantitative estimate of drug-likeness (QED) is 0.878. The predicted octanol–water partition coefficient (Wildman–Crippen LogP) is 1.72. The van der Waals surface area contributed by atoms with Crippen LogP contribution in [0.3, 0.4) is 0 Å². The lowest BCUT2D eigenvalue weighted by atomic mass is 10.1. The first kappa shape index (κ1) is 14.9. The van der Waals surface area contributed by atoms with Crippen molar-refractivity contribution in [2.45, 2.75) is 26.4 Å². The summed E-state index contributed by atoms with van der Waals surface area (Å²) in [6, 6.07) is 7.71. The van der Waals surface area contributed by atoms with Gasteiger partial charge in [0.2, 0.25) is 5.91 Å². The van der Waals surface area contributed by atoms with Gasteiger partial charge in [-0.3, -0.25) is 4.79 Å². The van der Waals surface area contributed by atoms with E-state index in [1.54, 1.807) is 18.9 Å². The molecule has 1 rings (SSSR count). The van der Waals surface area contributed by atoms with Gasteiger partial charge in [-0.15, -0.1) is 12.4 Å². The smallest absolute Gasteiger partial charge is 0.239 e. The molecular formula is C12H19ClN2O. The third kappa shape index (κ3) is 4.21. The first-order valence-electron chi connectivity index (χ1n) is 5.07. The van der Waals surface area contributed by atoms with Gasteiger partial charge in [0, 0.05) is 13.6 Å². The van der Waals surface area contributed by atoms with Crippen LogP contribution in [0.25, 0.3) is 0 Å². The number of hydrogen-bond acceptors (Lipinski definition) is 2. The van der Waals surface area contributed by atoms with Crippen LogP contribution in [-0.2, 0) is 11.3 Å². The van der Waals surface area contributed by atoms with Crippen molar-refractivity contribution in [1.82, 2.24) is 4.90 Å². The highest BCUT2D eigenvalue weighted by Gasteiger charge is 2.12. The summed E-state index contributed by atoms with van der Waals surface area (Å²) in [5.41, 5.74) is 7.87. The Morgan fingerprint density at radius 1 is 1.38 bits per heavy atom. The van der Waals surface area contributed by atoms with E-state index in [1.807, 2.05) is 31.2 Å². The van der Waals surface area contributed by atoms with Gasteiger partial charge in [0.15, 0.2) is 0 Å². The van der Waals surface area contributed by atoms with Crippen molar-refractivity contribution in [3.8, 4) is 0 Å². The molecule has 1 atom stereocenters. The molecule has 0 aliphatic carbocycles. The molecule has 0 unspecified atom stereocenters. The molecule has 0 fully saturated rings. The van der Waals surface area contributed by atoms with E-state index in [9.17, 15) is 4.79 Å². The lowest BCUT2D eigenvalue weighted by Gasteiger charge is -2.19. The number of carbonyl (C=O) groups excluding carboxylic acids is 1. The second-order valence-electron chi connectivity index (χ2n) is 3.97. The van der Waals surface area contributed by atoms with Crippen molar-refractivity contribution in [2.24, 2.45) is 5.73 Å². The zero-order valence-electron chi connectivity index (χ0n) is 9.93. The highest BCUT2D eigenvalue weighted by Crippen LogP contribution is 2.06. The van der Waals surface area contributed by atoms with E-state index < -0.39 is 6.04 Å². The summed E-state index contributed by atoms with van der Waals surface area (Å²) < 4.78 is 0. The van der Waals surface area contributed by atoms with E-state index in [1.165, 1.54) is 5.56 Å². The van der Waals surface area contributed by atoms with Gasteiger partial charge < -0.3 is 10.6 Å². The van der Waals surface area contributed by atoms with Crippen molar-refractivity contribution >= 4 is 18.3 Å². The molecule has 90 valence electrons. The van der Waals surface area contributed by atoms with Crippen LogP contribution < -0.4 is 5.73 Å². The van der Waals surface area contributed by atoms with Crippen molar-refractivity contribution in [1.29, 1.82) is 0 Å². The minimum Gasteiger partial charge on any atom is -0.340 e. The number of amides is 1. The minimum atomic E-state index is -0.430. The maximum absolute atomic E-state index is 11.5. The number of likely N-dealkylation sites (N-methyl/N-ethyl adjacent to an activating group) is 1. The van der Waals surface area contributed by atoms with Gasteiger partial charge in [-0.25, -0.2) is 0 Å². The van der Waals surface area contributed by atoms with Crippen molar-refractivity contribution in [2.75, 3.05) is 7.05 Å². The predicted molar refractivity (Wildman–Crippen MR) is 68.6 cm³/mol. The largest absolute Gasteiger partial charge is 0.340 e. The molecule has 0 aromatic heterocycles. The van der Waals surface area contributed by atoms with Crippen LogP contribution in [0.2, 0.25) is 0 Å². The monoisotopic (exact) mass is 242 g/mol. The van der Waals surface area contributed by atoms with Gasteiger partial charge in [0.05, 0.1) is 6.04 Å². The lowest BCUT2D eigenvalue weighted by molar-refractivity contribution is -0.131. The average molecular weight is 243 g/mol. The molecule has 3 nitrogen and oxygen atoms in total.